The van der Waals surface area contributed by atoms with Gasteiger partial charge in [0.2, 0.25) is 0 Å². The van der Waals surface area contributed by atoms with E-state index in [4.69, 9.17) is 4.74 Å². The van der Waals surface area contributed by atoms with Gasteiger partial charge in [0.1, 0.15) is 0 Å². The van der Waals surface area contributed by atoms with E-state index in [1.165, 1.54) is 31.4 Å². The fourth-order valence-electron chi connectivity index (χ4n) is 2.65. The van der Waals surface area contributed by atoms with Gasteiger partial charge in [0.25, 0.3) is 0 Å². The predicted octanol–water partition coefficient (Wildman–Crippen LogP) is 4.47. The van der Waals surface area contributed by atoms with Crippen molar-refractivity contribution in [3.63, 3.8) is 0 Å². The summed E-state index contributed by atoms with van der Waals surface area (Å²) >= 11 is 0. The van der Waals surface area contributed by atoms with Crippen molar-refractivity contribution in [1.82, 2.24) is 0 Å². The number of hydrogen-bond acceptors (Lipinski definition) is 2. The Morgan fingerprint density at radius 1 is 1.16 bits per heavy atom. The van der Waals surface area contributed by atoms with Crippen molar-refractivity contribution < 1.29 is 4.74 Å². The van der Waals surface area contributed by atoms with Gasteiger partial charge in [-0.25, -0.2) is 0 Å². The van der Waals surface area contributed by atoms with Crippen molar-refractivity contribution in [1.29, 1.82) is 0 Å². The lowest BCUT2D eigenvalue weighted by atomic mass is 9.76. The number of hydrogen-bond donors (Lipinski definition) is 1. The molecule has 0 spiro atoms. The Bertz CT molecular complexity index is 351. The van der Waals surface area contributed by atoms with Gasteiger partial charge in [0.15, 0.2) is 0 Å². The highest BCUT2D eigenvalue weighted by Gasteiger charge is 2.26. The molecule has 106 valence electrons. The maximum absolute atomic E-state index is 5.97. The standard InChI is InChI=1S/C17H27NO/c1-17(2)11-9-16(10-12-17)19-14-6-13-18-15-7-4-3-5-8-15/h3-5,7-8,16,18H,6,9-14H2,1-2H3. The van der Waals surface area contributed by atoms with Gasteiger partial charge >= 0.3 is 0 Å². The van der Waals surface area contributed by atoms with E-state index in [0.717, 1.165) is 19.6 Å². The Balaban J connectivity index is 1.53. The van der Waals surface area contributed by atoms with Crippen LogP contribution < -0.4 is 5.32 Å². The average Bonchev–Trinajstić information content (AvgIpc) is 2.41. The summed E-state index contributed by atoms with van der Waals surface area (Å²) in [6.45, 7) is 6.60. The second-order valence-electron chi connectivity index (χ2n) is 6.38. The van der Waals surface area contributed by atoms with Gasteiger partial charge < -0.3 is 10.1 Å². The molecular formula is C17H27NO. The number of benzene rings is 1. The maximum Gasteiger partial charge on any atom is 0.0575 e. The molecule has 0 radical (unpaired) electrons. The summed E-state index contributed by atoms with van der Waals surface area (Å²) in [5, 5.41) is 3.42. The molecule has 0 heterocycles. The van der Waals surface area contributed by atoms with E-state index in [2.05, 4.69) is 43.4 Å². The van der Waals surface area contributed by atoms with Gasteiger partial charge in [-0.1, -0.05) is 32.0 Å². The van der Waals surface area contributed by atoms with Crippen molar-refractivity contribution in [2.75, 3.05) is 18.5 Å². The molecular weight excluding hydrogens is 234 g/mol. The minimum absolute atomic E-state index is 0.504. The van der Waals surface area contributed by atoms with Crippen LogP contribution in [0.5, 0.6) is 0 Å². The summed E-state index contributed by atoms with van der Waals surface area (Å²) in [6.07, 6.45) is 6.66. The van der Waals surface area contributed by atoms with E-state index >= 15 is 0 Å². The summed E-state index contributed by atoms with van der Waals surface area (Å²) in [7, 11) is 0. The smallest absolute Gasteiger partial charge is 0.0575 e. The highest BCUT2D eigenvalue weighted by Crippen LogP contribution is 2.36. The third-order valence-corrected chi connectivity index (χ3v) is 4.06. The fraction of sp³-hybridized carbons (Fsp3) is 0.647. The lowest BCUT2D eigenvalue weighted by Gasteiger charge is -2.34. The second kappa shape index (κ2) is 6.95. The first-order chi connectivity index (χ1) is 9.16. The summed E-state index contributed by atoms with van der Waals surface area (Å²) in [4.78, 5) is 0. The molecule has 1 aromatic rings. The molecule has 0 aromatic heterocycles. The Hall–Kier alpha value is -1.02. The first kappa shape index (κ1) is 14.4. The molecule has 2 rings (SSSR count). The summed E-state index contributed by atoms with van der Waals surface area (Å²) in [5.74, 6) is 0. The SMILES string of the molecule is CC1(C)CCC(OCCCNc2ccccc2)CC1. The first-order valence-corrected chi connectivity index (χ1v) is 7.56. The molecule has 0 amide bonds. The summed E-state index contributed by atoms with van der Waals surface area (Å²) in [5.41, 5.74) is 1.73. The molecule has 2 nitrogen and oxygen atoms in total. The van der Waals surface area contributed by atoms with Crippen LogP contribution >= 0.6 is 0 Å². The van der Waals surface area contributed by atoms with E-state index in [-0.39, 0.29) is 0 Å². The second-order valence-corrected chi connectivity index (χ2v) is 6.38. The van der Waals surface area contributed by atoms with Gasteiger partial charge in [-0.05, 0) is 49.7 Å². The molecule has 1 aromatic carbocycles. The van der Waals surface area contributed by atoms with E-state index < -0.39 is 0 Å². The Kier molecular flexibility index (Phi) is 5.26. The summed E-state index contributed by atoms with van der Waals surface area (Å²) < 4.78 is 5.97. The van der Waals surface area contributed by atoms with Crippen LogP contribution in [0.4, 0.5) is 5.69 Å². The normalized spacial score (nSPS) is 19.3. The molecule has 1 fully saturated rings. The van der Waals surface area contributed by atoms with Crippen LogP contribution in [0.1, 0.15) is 46.0 Å². The minimum Gasteiger partial charge on any atom is -0.385 e. The molecule has 0 bridgehead atoms. The van der Waals surface area contributed by atoms with E-state index in [1.54, 1.807) is 0 Å². The number of anilines is 1. The van der Waals surface area contributed by atoms with Crippen LogP contribution in [0.3, 0.4) is 0 Å². The Morgan fingerprint density at radius 3 is 2.53 bits per heavy atom. The zero-order valence-corrected chi connectivity index (χ0v) is 12.3. The Labute approximate surface area is 117 Å². The van der Waals surface area contributed by atoms with E-state index in [0.29, 0.717) is 11.5 Å². The largest absolute Gasteiger partial charge is 0.385 e. The molecule has 0 aliphatic heterocycles. The van der Waals surface area contributed by atoms with E-state index in [1.807, 2.05) is 6.07 Å². The van der Waals surface area contributed by atoms with Crippen molar-refractivity contribution in [3.8, 4) is 0 Å². The number of nitrogens with one attached hydrogen (secondary N) is 1. The molecule has 0 unspecified atom stereocenters. The number of ether oxygens (including phenoxy) is 1. The quantitative estimate of drug-likeness (QED) is 0.763. The lowest BCUT2D eigenvalue weighted by Crippen LogP contribution is -2.27. The van der Waals surface area contributed by atoms with Crippen LogP contribution in [0.25, 0.3) is 0 Å². The predicted molar refractivity (Wildman–Crippen MR) is 81.5 cm³/mol. The van der Waals surface area contributed by atoms with Crippen LogP contribution in [0.2, 0.25) is 0 Å². The highest BCUT2D eigenvalue weighted by atomic mass is 16.5. The summed E-state index contributed by atoms with van der Waals surface area (Å²) in [6, 6.07) is 10.4. The van der Waals surface area contributed by atoms with Crippen molar-refractivity contribution >= 4 is 5.69 Å². The lowest BCUT2D eigenvalue weighted by molar-refractivity contribution is 0.00437. The highest BCUT2D eigenvalue weighted by molar-refractivity contribution is 5.42. The minimum atomic E-state index is 0.504. The van der Waals surface area contributed by atoms with Crippen LogP contribution in [-0.4, -0.2) is 19.3 Å². The van der Waals surface area contributed by atoms with Gasteiger partial charge in [0, 0.05) is 18.8 Å². The van der Waals surface area contributed by atoms with Crippen LogP contribution in [-0.2, 0) is 4.74 Å². The molecule has 1 N–H and O–H groups in total. The topological polar surface area (TPSA) is 21.3 Å². The molecule has 0 atom stereocenters. The number of para-hydroxylation sites is 1. The molecule has 0 saturated heterocycles. The van der Waals surface area contributed by atoms with Gasteiger partial charge in [0.05, 0.1) is 6.10 Å². The average molecular weight is 261 g/mol. The van der Waals surface area contributed by atoms with E-state index in [9.17, 15) is 0 Å². The molecule has 19 heavy (non-hydrogen) atoms. The van der Waals surface area contributed by atoms with Crippen LogP contribution in [0, 0.1) is 5.41 Å². The van der Waals surface area contributed by atoms with Gasteiger partial charge in [-0.2, -0.15) is 0 Å². The van der Waals surface area contributed by atoms with Crippen LogP contribution in [0.15, 0.2) is 30.3 Å². The zero-order chi connectivity index (χ0) is 13.6. The third-order valence-electron chi connectivity index (χ3n) is 4.06. The van der Waals surface area contributed by atoms with Crippen molar-refractivity contribution in [2.45, 2.75) is 52.1 Å². The monoisotopic (exact) mass is 261 g/mol. The van der Waals surface area contributed by atoms with Crippen molar-refractivity contribution in [3.05, 3.63) is 30.3 Å². The Morgan fingerprint density at radius 2 is 1.84 bits per heavy atom. The molecule has 1 saturated carbocycles. The fourth-order valence-corrected chi connectivity index (χ4v) is 2.65. The zero-order valence-electron chi connectivity index (χ0n) is 12.3. The molecule has 1 aliphatic carbocycles. The first-order valence-electron chi connectivity index (χ1n) is 7.56. The number of rotatable bonds is 6. The van der Waals surface area contributed by atoms with Crippen molar-refractivity contribution in [2.24, 2.45) is 5.41 Å². The third kappa shape index (κ3) is 5.23. The molecule has 2 heteroatoms. The maximum atomic E-state index is 5.97. The van der Waals surface area contributed by atoms with Gasteiger partial charge in [-0.3, -0.25) is 0 Å². The van der Waals surface area contributed by atoms with Gasteiger partial charge in [-0.15, -0.1) is 0 Å². The molecule has 1 aliphatic rings.